The van der Waals surface area contributed by atoms with Crippen LogP contribution in [0.15, 0.2) is 46.9 Å². The molecule has 0 radical (unpaired) electrons. The van der Waals surface area contributed by atoms with E-state index in [1.165, 1.54) is 36.8 Å². The second-order valence-corrected chi connectivity index (χ2v) is 6.52. The van der Waals surface area contributed by atoms with E-state index in [-0.39, 0.29) is 0 Å². The summed E-state index contributed by atoms with van der Waals surface area (Å²) in [6.07, 6.45) is 5.04. The van der Waals surface area contributed by atoms with Crippen LogP contribution in [0.1, 0.15) is 37.3 Å². The smallest absolute Gasteiger partial charge is 0.0548 e. The summed E-state index contributed by atoms with van der Waals surface area (Å²) < 4.78 is 0.940. The lowest BCUT2D eigenvalue weighted by atomic mass is 10.1. The van der Waals surface area contributed by atoms with E-state index in [2.05, 4.69) is 58.5 Å². The van der Waals surface area contributed by atoms with Gasteiger partial charge in [-0.2, -0.15) is 0 Å². The summed E-state index contributed by atoms with van der Waals surface area (Å²) in [6, 6.07) is 14.8. The van der Waals surface area contributed by atoms with E-state index in [0.717, 1.165) is 21.7 Å². The molecule has 0 aliphatic carbocycles. The summed E-state index contributed by atoms with van der Waals surface area (Å²) >= 11 is 9.45. The fourth-order valence-corrected chi connectivity index (χ4v) is 2.77. The van der Waals surface area contributed by atoms with Crippen LogP contribution in [-0.4, -0.2) is 0 Å². The molecular formula is C18H21BrClN. The number of anilines is 1. The summed E-state index contributed by atoms with van der Waals surface area (Å²) in [6.45, 7) is 3.03. The van der Waals surface area contributed by atoms with Crippen molar-refractivity contribution in [1.29, 1.82) is 0 Å². The normalized spacial score (nSPS) is 10.6. The van der Waals surface area contributed by atoms with Gasteiger partial charge in [-0.15, -0.1) is 0 Å². The van der Waals surface area contributed by atoms with Crippen LogP contribution in [-0.2, 0) is 13.0 Å². The summed E-state index contributed by atoms with van der Waals surface area (Å²) in [5.41, 5.74) is 3.78. The van der Waals surface area contributed by atoms with E-state index in [0.29, 0.717) is 0 Å². The first-order chi connectivity index (χ1) is 10.2. The van der Waals surface area contributed by atoms with Crippen molar-refractivity contribution < 1.29 is 0 Å². The number of benzene rings is 2. The summed E-state index contributed by atoms with van der Waals surface area (Å²) in [4.78, 5) is 0. The van der Waals surface area contributed by atoms with E-state index in [1.54, 1.807) is 0 Å². The first-order valence-electron chi connectivity index (χ1n) is 7.46. The minimum absolute atomic E-state index is 0.746. The molecule has 0 aliphatic rings. The third kappa shape index (κ3) is 5.37. The first kappa shape index (κ1) is 16.4. The molecule has 1 nitrogen and oxygen atoms in total. The van der Waals surface area contributed by atoms with Crippen molar-refractivity contribution in [1.82, 2.24) is 0 Å². The molecule has 0 fully saturated rings. The zero-order chi connectivity index (χ0) is 15.1. The van der Waals surface area contributed by atoms with Crippen LogP contribution in [0.3, 0.4) is 0 Å². The Kier molecular flexibility index (Phi) is 6.59. The number of halogens is 2. The van der Waals surface area contributed by atoms with E-state index in [1.807, 2.05) is 12.1 Å². The Morgan fingerprint density at radius 1 is 1.00 bits per heavy atom. The Morgan fingerprint density at radius 2 is 1.71 bits per heavy atom. The quantitative estimate of drug-likeness (QED) is 0.555. The molecule has 0 amide bonds. The molecule has 0 spiro atoms. The maximum Gasteiger partial charge on any atom is 0.0548 e. The highest BCUT2D eigenvalue weighted by Crippen LogP contribution is 2.23. The van der Waals surface area contributed by atoms with Crippen LogP contribution >= 0.6 is 27.5 Å². The molecule has 0 heterocycles. The maximum absolute atomic E-state index is 6.00. The Labute approximate surface area is 140 Å². The van der Waals surface area contributed by atoms with Gasteiger partial charge in [0, 0.05) is 16.7 Å². The van der Waals surface area contributed by atoms with Crippen LogP contribution in [0.5, 0.6) is 0 Å². The zero-order valence-corrected chi connectivity index (χ0v) is 14.7. The average Bonchev–Trinajstić information content (AvgIpc) is 2.50. The number of hydrogen-bond donors (Lipinski definition) is 1. The maximum atomic E-state index is 6.00. The average molecular weight is 367 g/mol. The van der Waals surface area contributed by atoms with Crippen LogP contribution in [0.4, 0.5) is 5.69 Å². The second kappa shape index (κ2) is 8.45. The van der Waals surface area contributed by atoms with Crippen LogP contribution in [0.25, 0.3) is 0 Å². The molecule has 2 aromatic carbocycles. The van der Waals surface area contributed by atoms with Crippen molar-refractivity contribution >= 4 is 33.2 Å². The topological polar surface area (TPSA) is 12.0 Å². The van der Waals surface area contributed by atoms with Crippen molar-refractivity contribution in [3.63, 3.8) is 0 Å². The number of rotatable bonds is 7. The van der Waals surface area contributed by atoms with Crippen LogP contribution in [0.2, 0.25) is 5.02 Å². The third-order valence-corrected chi connectivity index (χ3v) is 4.72. The lowest BCUT2D eigenvalue weighted by Gasteiger charge is -2.08. The standard InChI is InChI=1S/C18H21BrClN/c1-2-3-4-5-14-6-9-16(10-7-14)21-13-15-8-11-18(20)17(19)12-15/h6-12,21H,2-5,13H2,1H3. The Bertz CT molecular complexity index is 566. The highest BCUT2D eigenvalue weighted by atomic mass is 79.9. The summed E-state index contributed by atoms with van der Waals surface area (Å²) in [5.74, 6) is 0. The largest absolute Gasteiger partial charge is 0.381 e. The molecule has 3 heteroatoms. The summed E-state index contributed by atoms with van der Waals surface area (Å²) in [7, 11) is 0. The van der Waals surface area contributed by atoms with Crippen LogP contribution in [0, 0.1) is 0 Å². The van der Waals surface area contributed by atoms with Gasteiger partial charge in [0.15, 0.2) is 0 Å². The van der Waals surface area contributed by atoms with Crippen molar-refractivity contribution in [2.24, 2.45) is 0 Å². The van der Waals surface area contributed by atoms with Crippen LogP contribution < -0.4 is 5.32 Å². The molecule has 0 bridgehead atoms. The zero-order valence-electron chi connectivity index (χ0n) is 12.3. The van der Waals surface area contributed by atoms with Gasteiger partial charge < -0.3 is 5.32 Å². The SMILES string of the molecule is CCCCCc1ccc(NCc2ccc(Cl)c(Br)c2)cc1. The summed E-state index contributed by atoms with van der Waals surface area (Å²) in [5, 5.41) is 4.18. The van der Waals surface area contributed by atoms with Gasteiger partial charge in [-0.3, -0.25) is 0 Å². The molecule has 0 saturated heterocycles. The van der Waals surface area contributed by atoms with Gasteiger partial charge in [-0.25, -0.2) is 0 Å². The molecule has 0 saturated carbocycles. The minimum Gasteiger partial charge on any atom is -0.381 e. The van der Waals surface area contributed by atoms with E-state index in [4.69, 9.17) is 11.6 Å². The van der Waals surface area contributed by atoms with Crippen molar-refractivity contribution in [2.45, 2.75) is 39.2 Å². The molecule has 1 N–H and O–H groups in total. The monoisotopic (exact) mass is 365 g/mol. The molecule has 2 rings (SSSR count). The Morgan fingerprint density at radius 3 is 2.38 bits per heavy atom. The predicted octanol–water partition coefficient (Wildman–Crippen LogP) is 6.45. The molecule has 0 aliphatic heterocycles. The first-order valence-corrected chi connectivity index (χ1v) is 8.63. The van der Waals surface area contributed by atoms with Gasteiger partial charge in [0.1, 0.15) is 0 Å². The Balaban J connectivity index is 1.86. The van der Waals surface area contributed by atoms with E-state index >= 15 is 0 Å². The number of unbranched alkanes of at least 4 members (excludes halogenated alkanes) is 2. The fourth-order valence-electron chi connectivity index (χ4n) is 2.22. The second-order valence-electron chi connectivity index (χ2n) is 5.26. The van der Waals surface area contributed by atoms with Crippen molar-refractivity contribution in [2.75, 3.05) is 5.32 Å². The lowest BCUT2D eigenvalue weighted by molar-refractivity contribution is 0.717. The third-order valence-electron chi connectivity index (χ3n) is 3.50. The van der Waals surface area contributed by atoms with Gasteiger partial charge in [0.05, 0.1) is 5.02 Å². The molecule has 0 atom stereocenters. The molecule has 2 aromatic rings. The molecule has 21 heavy (non-hydrogen) atoms. The molecule has 0 unspecified atom stereocenters. The highest BCUT2D eigenvalue weighted by Gasteiger charge is 2.00. The number of aryl methyl sites for hydroxylation is 1. The van der Waals surface area contributed by atoms with Gasteiger partial charge in [0.2, 0.25) is 0 Å². The molecule has 112 valence electrons. The van der Waals surface area contributed by atoms with Crippen molar-refractivity contribution in [3.05, 3.63) is 63.1 Å². The minimum atomic E-state index is 0.746. The fraction of sp³-hybridized carbons (Fsp3) is 0.333. The van der Waals surface area contributed by atoms with Gasteiger partial charge in [-0.05, 0) is 64.2 Å². The number of hydrogen-bond acceptors (Lipinski definition) is 1. The van der Waals surface area contributed by atoms with Gasteiger partial charge in [0.25, 0.3) is 0 Å². The molecule has 0 aromatic heterocycles. The van der Waals surface area contributed by atoms with E-state index < -0.39 is 0 Å². The van der Waals surface area contributed by atoms with Gasteiger partial charge >= 0.3 is 0 Å². The van der Waals surface area contributed by atoms with E-state index in [9.17, 15) is 0 Å². The number of nitrogens with one attached hydrogen (secondary N) is 1. The predicted molar refractivity (Wildman–Crippen MR) is 96.1 cm³/mol. The van der Waals surface area contributed by atoms with Gasteiger partial charge in [-0.1, -0.05) is 49.6 Å². The molecular weight excluding hydrogens is 346 g/mol. The highest BCUT2D eigenvalue weighted by molar-refractivity contribution is 9.10. The lowest BCUT2D eigenvalue weighted by Crippen LogP contribution is -1.99. The van der Waals surface area contributed by atoms with Crippen molar-refractivity contribution in [3.8, 4) is 0 Å². The Hall–Kier alpha value is -0.990.